The van der Waals surface area contributed by atoms with Crippen molar-refractivity contribution in [2.45, 2.75) is 31.2 Å². The molecule has 28 heavy (non-hydrogen) atoms. The van der Waals surface area contributed by atoms with Gasteiger partial charge in [0.05, 0.1) is 18.4 Å². The number of carbonyl (C=O) groups excluding carboxylic acids is 1. The van der Waals surface area contributed by atoms with Crippen LogP contribution < -0.4 is 5.32 Å². The second kappa shape index (κ2) is 9.49. The lowest BCUT2D eigenvalue weighted by atomic mass is 9.97. The number of hydrogen-bond donors (Lipinski definition) is 1. The number of amides is 1. The van der Waals surface area contributed by atoms with Crippen LogP contribution in [0.4, 0.5) is 0 Å². The van der Waals surface area contributed by atoms with Crippen LogP contribution in [0.25, 0.3) is 0 Å². The lowest BCUT2D eigenvalue weighted by Gasteiger charge is -2.31. The van der Waals surface area contributed by atoms with Crippen molar-refractivity contribution in [3.63, 3.8) is 0 Å². The Labute approximate surface area is 171 Å². The molecule has 0 saturated carbocycles. The molecule has 2 unspecified atom stereocenters. The van der Waals surface area contributed by atoms with Crippen molar-refractivity contribution in [3.8, 4) is 0 Å². The lowest BCUT2D eigenvalue weighted by molar-refractivity contribution is -0.131. The number of nitrogens with one attached hydrogen (secondary N) is 1. The third kappa shape index (κ3) is 4.71. The molecule has 1 aromatic carbocycles. The van der Waals surface area contributed by atoms with E-state index < -0.39 is 0 Å². The molecule has 7 nitrogen and oxygen atoms in total. The molecule has 2 saturated heterocycles. The topological polar surface area (TPSA) is 74.5 Å². The van der Waals surface area contributed by atoms with E-state index in [9.17, 15) is 4.79 Å². The smallest absolute Gasteiger partial charge is 0.231 e. The van der Waals surface area contributed by atoms with Crippen LogP contribution in [0.1, 0.15) is 42.1 Å². The fourth-order valence-corrected chi connectivity index (χ4v) is 3.93. The van der Waals surface area contributed by atoms with Gasteiger partial charge in [-0.05, 0) is 25.5 Å². The van der Waals surface area contributed by atoms with Crippen molar-refractivity contribution in [2.75, 3.05) is 39.8 Å². The minimum Gasteiger partial charge on any atom is -0.342 e. The zero-order valence-corrected chi connectivity index (χ0v) is 17.0. The normalized spacial score (nSPS) is 23.2. The molecule has 0 spiro atoms. The lowest BCUT2D eigenvalue weighted by Crippen LogP contribution is -2.44. The summed E-state index contributed by atoms with van der Waals surface area (Å²) in [4.78, 5) is 21.6. The van der Waals surface area contributed by atoms with Crippen molar-refractivity contribution >= 4 is 18.3 Å². The van der Waals surface area contributed by atoms with Gasteiger partial charge in [-0.2, -0.15) is 4.98 Å². The Morgan fingerprint density at radius 3 is 2.89 bits per heavy atom. The van der Waals surface area contributed by atoms with E-state index in [0.717, 1.165) is 50.4 Å². The van der Waals surface area contributed by atoms with Crippen LogP contribution in [0.5, 0.6) is 0 Å². The molecular formula is C20H28ClN5O2. The molecule has 2 fully saturated rings. The van der Waals surface area contributed by atoms with Crippen LogP contribution in [-0.4, -0.2) is 65.6 Å². The Balaban J connectivity index is 0.00000225. The number of aromatic nitrogens is 2. The van der Waals surface area contributed by atoms with Gasteiger partial charge < -0.3 is 14.7 Å². The second-order valence-corrected chi connectivity index (χ2v) is 7.53. The number of likely N-dealkylation sites (N-methyl/N-ethyl adjacent to an activating group) is 1. The maximum absolute atomic E-state index is 12.7. The number of hydrogen-bond acceptors (Lipinski definition) is 6. The van der Waals surface area contributed by atoms with Crippen LogP contribution in [0.15, 0.2) is 34.9 Å². The van der Waals surface area contributed by atoms with Crippen molar-refractivity contribution in [1.82, 2.24) is 25.3 Å². The van der Waals surface area contributed by atoms with Crippen LogP contribution in [-0.2, 0) is 11.2 Å². The zero-order chi connectivity index (χ0) is 18.6. The zero-order valence-electron chi connectivity index (χ0n) is 16.2. The minimum atomic E-state index is 0. The third-order valence-corrected chi connectivity index (χ3v) is 5.59. The van der Waals surface area contributed by atoms with Gasteiger partial charge in [0.1, 0.15) is 0 Å². The first kappa shape index (κ1) is 20.8. The number of rotatable bonds is 4. The fraction of sp³-hybridized carbons (Fsp3) is 0.550. The molecule has 152 valence electrons. The molecule has 0 radical (unpaired) electrons. The maximum atomic E-state index is 12.7. The number of nitrogens with zero attached hydrogens (tertiary/aromatic N) is 4. The third-order valence-electron chi connectivity index (χ3n) is 5.59. The maximum Gasteiger partial charge on any atom is 0.231 e. The Bertz CT molecular complexity index is 769. The highest BCUT2D eigenvalue weighted by molar-refractivity contribution is 5.85. The number of carbonyl (C=O) groups is 1. The average molecular weight is 406 g/mol. The van der Waals surface area contributed by atoms with Gasteiger partial charge in [-0.1, -0.05) is 35.5 Å². The summed E-state index contributed by atoms with van der Waals surface area (Å²) in [7, 11) is 2.09. The second-order valence-electron chi connectivity index (χ2n) is 7.53. The van der Waals surface area contributed by atoms with Gasteiger partial charge in [0.2, 0.25) is 11.8 Å². The first-order valence-electron chi connectivity index (χ1n) is 9.77. The van der Waals surface area contributed by atoms with E-state index in [2.05, 4.69) is 27.4 Å². The molecule has 1 aromatic heterocycles. The SMILES string of the molecule is CN1CCNCC1c1noc(C2CCCN(C(=O)Cc3ccccc3)C2)n1.Cl. The molecule has 8 heteroatoms. The molecule has 2 atom stereocenters. The van der Waals surface area contributed by atoms with Gasteiger partial charge in [0.15, 0.2) is 5.82 Å². The predicted molar refractivity (Wildman–Crippen MR) is 108 cm³/mol. The highest BCUT2D eigenvalue weighted by atomic mass is 35.5. The number of piperidine rings is 1. The van der Waals surface area contributed by atoms with Crippen LogP contribution in [0.3, 0.4) is 0 Å². The van der Waals surface area contributed by atoms with Crippen molar-refractivity contribution in [3.05, 3.63) is 47.6 Å². The van der Waals surface area contributed by atoms with Crippen molar-refractivity contribution in [2.24, 2.45) is 0 Å². The summed E-state index contributed by atoms with van der Waals surface area (Å²) in [6.45, 7) is 4.25. The molecule has 2 aromatic rings. The molecule has 1 amide bonds. The standard InChI is InChI=1S/C20H27N5O2.ClH/c1-24-11-9-21-13-17(24)19-22-20(27-23-19)16-8-5-10-25(14-16)18(26)12-15-6-3-2-4-7-15;/h2-4,6-7,16-17,21H,5,8-14H2,1H3;1H. The van der Waals surface area contributed by atoms with Crippen LogP contribution in [0, 0.1) is 0 Å². The summed E-state index contributed by atoms with van der Waals surface area (Å²) in [5.41, 5.74) is 1.05. The summed E-state index contributed by atoms with van der Waals surface area (Å²) in [5, 5.41) is 7.61. The molecule has 3 heterocycles. The number of likely N-dealkylation sites (tertiary alicyclic amines) is 1. The van der Waals surface area contributed by atoms with E-state index in [1.165, 1.54) is 0 Å². The Kier molecular flexibility index (Phi) is 7.04. The Hall–Kier alpha value is -1.96. The number of halogens is 1. The first-order chi connectivity index (χ1) is 13.2. The summed E-state index contributed by atoms with van der Waals surface area (Å²) in [6, 6.07) is 10.1. The molecule has 0 bridgehead atoms. The van der Waals surface area contributed by atoms with E-state index in [1.807, 2.05) is 35.2 Å². The average Bonchev–Trinajstić information content (AvgIpc) is 3.19. The highest BCUT2D eigenvalue weighted by Crippen LogP contribution is 2.28. The van der Waals surface area contributed by atoms with Crippen LogP contribution >= 0.6 is 12.4 Å². The summed E-state index contributed by atoms with van der Waals surface area (Å²) in [6.07, 6.45) is 2.39. The van der Waals surface area contributed by atoms with E-state index in [4.69, 9.17) is 4.52 Å². The minimum absolute atomic E-state index is 0. The largest absolute Gasteiger partial charge is 0.342 e. The fourth-order valence-electron chi connectivity index (χ4n) is 3.93. The quantitative estimate of drug-likeness (QED) is 0.838. The predicted octanol–water partition coefficient (Wildman–Crippen LogP) is 2.02. The van der Waals surface area contributed by atoms with Gasteiger partial charge in [-0.25, -0.2) is 0 Å². The number of piperazine rings is 1. The van der Waals surface area contributed by atoms with Gasteiger partial charge in [-0.3, -0.25) is 9.69 Å². The summed E-state index contributed by atoms with van der Waals surface area (Å²) in [5.74, 6) is 1.71. The monoisotopic (exact) mass is 405 g/mol. The van der Waals surface area contributed by atoms with Gasteiger partial charge in [0.25, 0.3) is 0 Å². The Morgan fingerprint density at radius 2 is 2.11 bits per heavy atom. The van der Waals surface area contributed by atoms with Crippen LogP contribution in [0.2, 0.25) is 0 Å². The van der Waals surface area contributed by atoms with Gasteiger partial charge in [0, 0.05) is 32.7 Å². The van der Waals surface area contributed by atoms with E-state index >= 15 is 0 Å². The van der Waals surface area contributed by atoms with E-state index in [1.54, 1.807) is 0 Å². The molecule has 4 rings (SSSR count). The summed E-state index contributed by atoms with van der Waals surface area (Å²) >= 11 is 0. The molecular weight excluding hydrogens is 378 g/mol. The molecule has 2 aliphatic heterocycles. The van der Waals surface area contributed by atoms with Crippen molar-refractivity contribution < 1.29 is 9.32 Å². The number of benzene rings is 1. The van der Waals surface area contributed by atoms with E-state index in [-0.39, 0.29) is 30.3 Å². The summed E-state index contributed by atoms with van der Waals surface area (Å²) < 4.78 is 5.60. The molecule has 1 N–H and O–H groups in total. The van der Waals surface area contributed by atoms with Crippen molar-refractivity contribution in [1.29, 1.82) is 0 Å². The van der Waals surface area contributed by atoms with E-state index in [0.29, 0.717) is 18.9 Å². The van der Waals surface area contributed by atoms with Gasteiger partial charge >= 0.3 is 0 Å². The Morgan fingerprint density at radius 1 is 1.29 bits per heavy atom. The highest BCUT2D eigenvalue weighted by Gasteiger charge is 2.31. The molecule has 0 aliphatic carbocycles. The molecule has 2 aliphatic rings. The first-order valence-corrected chi connectivity index (χ1v) is 9.77. The van der Waals surface area contributed by atoms with Gasteiger partial charge in [-0.15, -0.1) is 12.4 Å².